The molecular weight excluding hydrogens is 464 g/mol. The van der Waals surface area contributed by atoms with Crippen LogP contribution in [0.15, 0.2) is 109 Å². The Labute approximate surface area is 222 Å². The van der Waals surface area contributed by atoms with Gasteiger partial charge in [-0.25, -0.2) is 9.97 Å². The third kappa shape index (κ3) is 5.62. The molecule has 0 unspecified atom stereocenters. The molecule has 4 heteroatoms. The van der Waals surface area contributed by atoms with Gasteiger partial charge in [0.15, 0.2) is 0 Å². The maximum absolute atomic E-state index is 9.10. The minimum absolute atomic E-state index is 0.622. The van der Waals surface area contributed by atoms with Crippen molar-refractivity contribution in [3.63, 3.8) is 0 Å². The van der Waals surface area contributed by atoms with E-state index in [2.05, 4.69) is 12.1 Å². The van der Waals surface area contributed by atoms with Gasteiger partial charge in [0.2, 0.25) is 0 Å². The maximum Gasteiger partial charge on any atom is 0.0991 e. The van der Waals surface area contributed by atoms with E-state index in [-0.39, 0.29) is 0 Å². The summed E-state index contributed by atoms with van der Waals surface area (Å²) in [6.45, 7) is 0. The molecule has 0 atom stereocenters. The van der Waals surface area contributed by atoms with Gasteiger partial charge in [0, 0.05) is 11.1 Å². The van der Waals surface area contributed by atoms with E-state index in [1.54, 1.807) is 24.3 Å². The smallest absolute Gasteiger partial charge is 0.0991 e. The SMILES string of the molecule is N#Cc1ccc(/C=C/c2nc(-c3ccccc3)c(/C=C/c3ccc(C#N)cc3)nc2-c2ccccc2)cc1. The Kier molecular flexibility index (Phi) is 7.26. The zero-order chi connectivity index (χ0) is 26.2. The second kappa shape index (κ2) is 11.4. The zero-order valence-electron chi connectivity index (χ0n) is 20.5. The summed E-state index contributed by atoms with van der Waals surface area (Å²) in [4.78, 5) is 10.2. The van der Waals surface area contributed by atoms with Gasteiger partial charge in [-0.15, -0.1) is 0 Å². The first-order valence-electron chi connectivity index (χ1n) is 12.1. The lowest BCUT2D eigenvalue weighted by molar-refractivity contribution is 1.17. The van der Waals surface area contributed by atoms with Crippen LogP contribution in [-0.4, -0.2) is 9.97 Å². The van der Waals surface area contributed by atoms with E-state index in [9.17, 15) is 0 Å². The maximum atomic E-state index is 9.10. The van der Waals surface area contributed by atoms with E-state index >= 15 is 0 Å². The van der Waals surface area contributed by atoms with E-state index in [0.717, 1.165) is 45.0 Å². The molecule has 0 bridgehead atoms. The van der Waals surface area contributed by atoms with Gasteiger partial charge < -0.3 is 0 Å². The minimum Gasteiger partial charge on any atom is -0.244 e. The standard InChI is InChI=1S/C34H22N4/c35-23-27-15-11-25(12-16-27)19-21-31-33(29-7-3-1-4-8-29)37-32(34(38-31)30-9-5-2-6-10-30)22-20-26-13-17-28(24-36)18-14-26/h1-22H/b21-19+,22-20+. The molecule has 1 aromatic heterocycles. The summed E-state index contributed by atoms with van der Waals surface area (Å²) >= 11 is 0. The van der Waals surface area contributed by atoms with Gasteiger partial charge in [-0.05, 0) is 47.5 Å². The normalized spacial score (nSPS) is 10.9. The quantitative estimate of drug-likeness (QED) is 0.245. The molecule has 0 aliphatic carbocycles. The van der Waals surface area contributed by atoms with E-state index in [0.29, 0.717) is 11.1 Å². The van der Waals surface area contributed by atoms with E-state index in [1.165, 1.54) is 0 Å². The largest absolute Gasteiger partial charge is 0.244 e. The lowest BCUT2D eigenvalue weighted by Gasteiger charge is -2.12. The fraction of sp³-hybridized carbons (Fsp3) is 0. The molecule has 0 spiro atoms. The topological polar surface area (TPSA) is 73.4 Å². The van der Waals surface area contributed by atoms with Crippen LogP contribution in [0, 0.1) is 22.7 Å². The highest BCUT2D eigenvalue weighted by Crippen LogP contribution is 2.29. The van der Waals surface area contributed by atoms with Crippen LogP contribution in [0.1, 0.15) is 33.6 Å². The monoisotopic (exact) mass is 486 g/mol. The van der Waals surface area contributed by atoms with Crippen LogP contribution < -0.4 is 0 Å². The van der Waals surface area contributed by atoms with E-state index in [4.69, 9.17) is 20.5 Å². The number of hydrogen-bond donors (Lipinski definition) is 0. The van der Waals surface area contributed by atoms with Gasteiger partial charge in [0.1, 0.15) is 0 Å². The number of nitrogens with zero attached hydrogens (tertiary/aromatic N) is 4. The molecule has 5 rings (SSSR count). The Balaban J connectivity index is 1.64. The number of benzene rings is 4. The highest BCUT2D eigenvalue weighted by Gasteiger charge is 2.14. The van der Waals surface area contributed by atoms with Gasteiger partial charge >= 0.3 is 0 Å². The van der Waals surface area contributed by atoms with Crippen molar-refractivity contribution in [3.8, 4) is 34.7 Å². The molecule has 0 N–H and O–H groups in total. The molecule has 5 aromatic rings. The van der Waals surface area contributed by atoms with Crippen molar-refractivity contribution >= 4 is 24.3 Å². The lowest BCUT2D eigenvalue weighted by Crippen LogP contribution is -2.00. The fourth-order valence-corrected chi connectivity index (χ4v) is 4.00. The van der Waals surface area contributed by atoms with Gasteiger partial charge in [-0.2, -0.15) is 10.5 Å². The van der Waals surface area contributed by atoms with Crippen molar-refractivity contribution in [1.82, 2.24) is 9.97 Å². The minimum atomic E-state index is 0.622. The van der Waals surface area contributed by atoms with Crippen LogP contribution in [0.2, 0.25) is 0 Å². The summed E-state index contributed by atoms with van der Waals surface area (Å²) in [7, 11) is 0. The molecule has 1 heterocycles. The van der Waals surface area contributed by atoms with Crippen LogP contribution >= 0.6 is 0 Å². The highest BCUT2D eigenvalue weighted by atomic mass is 14.8. The first-order chi connectivity index (χ1) is 18.7. The van der Waals surface area contributed by atoms with Crippen LogP contribution in [0.3, 0.4) is 0 Å². The molecule has 4 aromatic carbocycles. The number of rotatable bonds is 6. The molecular formula is C34H22N4. The van der Waals surface area contributed by atoms with E-state index < -0.39 is 0 Å². The van der Waals surface area contributed by atoms with Crippen LogP contribution in [0.4, 0.5) is 0 Å². The highest BCUT2D eigenvalue weighted by molar-refractivity contribution is 5.83. The molecule has 178 valence electrons. The second-order valence-corrected chi connectivity index (χ2v) is 8.56. The average Bonchev–Trinajstić information content (AvgIpc) is 3.00. The summed E-state index contributed by atoms with van der Waals surface area (Å²) in [6, 6.07) is 39.2. The second-order valence-electron chi connectivity index (χ2n) is 8.56. The predicted molar refractivity (Wildman–Crippen MR) is 153 cm³/mol. The molecule has 0 saturated heterocycles. The molecule has 0 radical (unpaired) electrons. The van der Waals surface area contributed by atoms with Crippen molar-refractivity contribution in [1.29, 1.82) is 10.5 Å². The summed E-state index contributed by atoms with van der Waals surface area (Å²) in [5.74, 6) is 0. The van der Waals surface area contributed by atoms with Crippen molar-refractivity contribution in [2.24, 2.45) is 0 Å². The first kappa shape index (κ1) is 24.1. The molecule has 0 aliphatic rings. The van der Waals surface area contributed by atoms with Crippen molar-refractivity contribution in [2.75, 3.05) is 0 Å². The fourth-order valence-electron chi connectivity index (χ4n) is 4.00. The summed E-state index contributed by atoms with van der Waals surface area (Å²) in [5.41, 5.74) is 8.15. The van der Waals surface area contributed by atoms with Crippen LogP contribution in [-0.2, 0) is 0 Å². The summed E-state index contributed by atoms with van der Waals surface area (Å²) in [5, 5.41) is 18.2. The summed E-state index contributed by atoms with van der Waals surface area (Å²) < 4.78 is 0. The Morgan fingerprint density at radius 3 is 1.16 bits per heavy atom. The molecule has 0 saturated carbocycles. The van der Waals surface area contributed by atoms with Gasteiger partial charge in [0.05, 0.1) is 46.0 Å². The van der Waals surface area contributed by atoms with Crippen molar-refractivity contribution < 1.29 is 0 Å². The predicted octanol–water partition coefficient (Wildman–Crippen LogP) is 7.89. The molecule has 38 heavy (non-hydrogen) atoms. The Bertz CT molecular complexity index is 1560. The summed E-state index contributed by atoms with van der Waals surface area (Å²) in [6.07, 6.45) is 7.91. The van der Waals surface area contributed by atoms with Crippen LogP contribution in [0.5, 0.6) is 0 Å². The van der Waals surface area contributed by atoms with E-state index in [1.807, 2.05) is 109 Å². The van der Waals surface area contributed by atoms with Crippen molar-refractivity contribution in [3.05, 3.63) is 143 Å². The van der Waals surface area contributed by atoms with Crippen LogP contribution in [0.25, 0.3) is 46.8 Å². The average molecular weight is 487 g/mol. The molecule has 0 fully saturated rings. The molecule has 4 nitrogen and oxygen atoms in total. The number of aromatic nitrogens is 2. The van der Waals surface area contributed by atoms with Gasteiger partial charge in [0.25, 0.3) is 0 Å². The number of nitriles is 2. The van der Waals surface area contributed by atoms with Crippen molar-refractivity contribution in [2.45, 2.75) is 0 Å². The third-order valence-corrected chi connectivity index (χ3v) is 5.99. The Hall–Kier alpha value is -5.58. The molecule has 0 aliphatic heterocycles. The lowest BCUT2D eigenvalue weighted by atomic mass is 10.0. The van der Waals surface area contributed by atoms with Gasteiger partial charge in [-0.3, -0.25) is 0 Å². The first-order valence-corrected chi connectivity index (χ1v) is 12.1. The number of hydrogen-bond acceptors (Lipinski definition) is 4. The Morgan fingerprint density at radius 1 is 0.447 bits per heavy atom. The Morgan fingerprint density at radius 2 is 0.816 bits per heavy atom. The zero-order valence-corrected chi connectivity index (χ0v) is 20.5. The molecule has 0 amide bonds. The third-order valence-electron chi connectivity index (χ3n) is 5.99. The van der Waals surface area contributed by atoms with Gasteiger partial charge in [-0.1, -0.05) is 97.1 Å².